The molecule has 0 bridgehead atoms. The highest BCUT2D eigenvalue weighted by molar-refractivity contribution is 6.29. The van der Waals surface area contributed by atoms with Crippen LogP contribution in [0.2, 0.25) is 5.15 Å². The quantitative estimate of drug-likeness (QED) is 0.722. The predicted octanol–water partition coefficient (Wildman–Crippen LogP) is 4.35. The fraction of sp³-hybridized carbons (Fsp3) is 0. The molecule has 1 aromatic carbocycles. The molecule has 0 radical (unpaired) electrons. The smallest absolute Gasteiger partial charge is 0.163 e. The molecular formula is C15H8ClF3N4. The zero-order chi connectivity index (χ0) is 16.4. The molecule has 3 rings (SSSR count). The van der Waals surface area contributed by atoms with Crippen LogP contribution in [0.5, 0.6) is 0 Å². The largest absolute Gasteiger partial charge is 0.335 e. The van der Waals surface area contributed by atoms with Crippen molar-refractivity contribution in [2.75, 3.05) is 5.32 Å². The first-order valence-corrected chi connectivity index (χ1v) is 6.77. The Morgan fingerprint density at radius 2 is 1.57 bits per heavy atom. The van der Waals surface area contributed by atoms with Crippen molar-refractivity contribution in [3.8, 4) is 11.4 Å². The number of hydrogen-bond donors (Lipinski definition) is 1. The van der Waals surface area contributed by atoms with E-state index in [1.165, 1.54) is 6.07 Å². The Bertz CT molecular complexity index is 836. The summed E-state index contributed by atoms with van der Waals surface area (Å²) in [6.45, 7) is 0. The van der Waals surface area contributed by atoms with Crippen molar-refractivity contribution in [3.63, 3.8) is 0 Å². The lowest BCUT2D eigenvalue weighted by atomic mass is 10.2. The first-order chi connectivity index (χ1) is 11.0. The van der Waals surface area contributed by atoms with Gasteiger partial charge in [-0.05, 0) is 12.1 Å². The second-order valence-corrected chi connectivity index (χ2v) is 4.89. The molecule has 0 aliphatic carbocycles. The van der Waals surface area contributed by atoms with E-state index in [2.05, 4.69) is 20.3 Å². The summed E-state index contributed by atoms with van der Waals surface area (Å²) in [4.78, 5) is 12.1. The maximum atomic E-state index is 13.7. The Hall–Kier alpha value is -2.67. The van der Waals surface area contributed by atoms with Crippen LogP contribution in [0.3, 0.4) is 0 Å². The lowest BCUT2D eigenvalue weighted by molar-refractivity contribution is 0.549. The third kappa shape index (κ3) is 3.40. The molecule has 23 heavy (non-hydrogen) atoms. The SMILES string of the molecule is Fc1cc(F)c(Nc2cc(Cl)nc(-c3ccncc3)n2)c(F)c1. The van der Waals surface area contributed by atoms with Crippen LogP contribution in [-0.4, -0.2) is 15.0 Å². The van der Waals surface area contributed by atoms with Crippen molar-refractivity contribution >= 4 is 23.1 Å². The minimum Gasteiger partial charge on any atom is -0.335 e. The summed E-state index contributed by atoms with van der Waals surface area (Å²) >= 11 is 5.92. The van der Waals surface area contributed by atoms with E-state index in [4.69, 9.17) is 11.6 Å². The molecule has 8 heteroatoms. The highest BCUT2D eigenvalue weighted by atomic mass is 35.5. The van der Waals surface area contributed by atoms with E-state index in [9.17, 15) is 13.2 Å². The first-order valence-electron chi connectivity index (χ1n) is 6.39. The molecule has 2 heterocycles. The van der Waals surface area contributed by atoms with Gasteiger partial charge in [0.1, 0.15) is 22.5 Å². The van der Waals surface area contributed by atoms with Crippen molar-refractivity contribution in [3.05, 3.63) is 65.3 Å². The van der Waals surface area contributed by atoms with Gasteiger partial charge >= 0.3 is 0 Å². The zero-order valence-corrected chi connectivity index (χ0v) is 12.2. The second-order valence-electron chi connectivity index (χ2n) is 4.50. The predicted molar refractivity (Wildman–Crippen MR) is 79.9 cm³/mol. The molecule has 1 N–H and O–H groups in total. The van der Waals surface area contributed by atoms with Crippen LogP contribution in [-0.2, 0) is 0 Å². The van der Waals surface area contributed by atoms with Crippen LogP contribution in [0.25, 0.3) is 11.4 Å². The van der Waals surface area contributed by atoms with Gasteiger partial charge in [0.2, 0.25) is 0 Å². The molecule has 4 nitrogen and oxygen atoms in total. The molecule has 0 aliphatic heterocycles. The monoisotopic (exact) mass is 336 g/mol. The average molecular weight is 337 g/mol. The van der Waals surface area contributed by atoms with E-state index in [1.807, 2.05) is 0 Å². The lowest BCUT2D eigenvalue weighted by Gasteiger charge is -2.10. The maximum Gasteiger partial charge on any atom is 0.163 e. The molecule has 0 amide bonds. The molecule has 116 valence electrons. The Morgan fingerprint density at radius 1 is 0.913 bits per heavy atom. The van der Waals surface area contributed by atoms with Gasteiger partial charge in [0.25, 0.3) is 0 Å². The summed E-state index contributed by atoms with van der Waals surface area (Å²) in [6.07, 6.45) is 3.10. The number of nitrogens with zero attached hydrogens (tertiary/aromatic N) is 3. The van der Waals surface area contributed by atoms with E-state index in [-0.39, 0.29) is 16.8 Å². The molecule has 0 unspecified atom stereocenters. The third-order valence-corrected chi connectivity index (χ3v) is 3.09. The van der Waals surface area contributed by atoms with E-state index in [0.29, 0.717) is 17.7 Å². The third-order valence-electron chi connectivity index (χ3n) is 2.89. The van der Waals surface area contributed by atoms with Crippen LogP contribution in [0, 0.1) is 17.5 Å². The summed E-state index contributed by atoms with van der Waals surface area (Å²) in [5, 5.41) is 2.53. The van der Waals surface area contributed by atoms with Crippen LogP contribution in [0.15, 0.2) is 42.7 Å². The maximum absolute atomic E-state index is 13.7. The summed E-state index contributed by atoms with van der Waals surface area (Å²) in [5.74, 6) is -2.85. The molecule has 2 aromatic heterocycles. The summed E-state index contributed by atoms with van der Waals surface area (Å²) in [5.41, 5.74) is 0.104. The van der Waals surface area contributed by atoms with Gasteiger partial charge in [0.05, 0.1) is 0 Å². The summed E-state index contributed by atoms with van der Waals surface area (Å²) in [7, 11) is 0. The van der Waals surface area contributed by atoms with Crippen molar-refractivity contribution in [1.29, 1.82) is 0 Å². The molecule has 0 saturated heterocycles. The van der Waals surface area contributed by atoms with Gasteiger partial charge in [0, 0.05) is 36.2 Å². The second kappa shape index (κ2) is 6.21. The van der Waals surface area contributed by atoms with Gasteiger partial charge in [0.15, 0.2) is 17.5 Å². The average Bonchev–Trinajstić information content (AvgIpc) is 2.51. The van der Waals surface area contributed by atoms with Crippen LogP contribution in [0.4, 0.5) is 24.7 Å². The molecule has 0 saturated carbocycles. The fourth-order valence-corrected chi connectivity index (χ4v) is 2.08. The molecule has 3 aromatic rings. The van der Waals surface area contributed by atoms with Gasteiger partial charge in [-0.15, -0.1) is 0 Å². The molecule has 0 spiro atoms. The minimum absolute atomic E-state index is 0.0706. The number of aromatic nitrogens is 3. The summed E-state index contributed by atoms with van der Waals surface area (Å²) in [6, 6.07) is 5.76. The number of halogens is 4. The lowest BCUT2D eigenvalue weighted by Crippen LogP contribution is -2.02. The molecule has 0 fully saturated rings. The van der Waals surface area contributed by atoms with Crippen LogP contribution in [0.1, 0.15) is 0 Å². The van der Waals surface area contributed by atoms with Crippen molar-refractivity contribution < 1.29 is 13.2 Å². The Morgan fingerprint density at radius 3 is 2.22 bits per heavy atom. The Balaban J connectivity index is 2.00. The van der Waals surface area contributed by atoms with Gasteiger partial charge in [-0.2, -0.15) is 0 Å². The minimum atomic E-state index is -1.08. The topological polar surface area (TPSA) is 50.7 Å². The van der Waals surface area contributed by atoms with Gasteiger partial charge in [-0.1, -0.05) is 11.6 Å². The van der Waals surface area contributed by atoms with Crippen molar-refractivity contribution in [2.24, 2.45) is 0 Å². The van der Waals surface area contributed by atoms with E-state index in [1.54, 1.807) is 24.5 Å². The van der Waals surface area contributed by atoms with Crippen LogP contribution >= 0.6 is 11.6 Å². The molecule has 0 aliphatic rings. The van der Waals surface area contributed by atoms with Gasteiger partial charge in [-0.25, -0.2) is 23.1 Å². The van der Waals surface area contributed by atoms with E-state index < -0.39 is 23.1 Å². The van der Waals surface area contributed by atoms with Crippen molar-refractivity contribution in [2.45, 2.75) is 0 Å². The van der Waals surface area contributed by atoms with Gasteiger partial charge in [-0.3, -0.25) is 4.98 Å². The first kappa shape index (κ1) is 15.2. The number of benzene rings is 1. The fourth-order valence-electron chi connectivity index (χ4n) is 1.90. The van der Waals surface area contributed by atoms with E-state index in [0.717, 1.165) is 0 Å². The number of hydrogen-bond acceptors (Lipinski definition) is 4. The highest BCUT2D eigenvalue weighted by Gasteiger charge is 2.13. The Kier molecular flexibility index (Phi) is 4.12. The number of anilines is 2. The number of nitrogens with one attached hydrogen (secondary N) is 1. The number of rotatable bonds is 3. The zero-order valence-electron chi connectivity index (χ0n) is 11.4. The van der Waals surface area contributed by atoms with Gasteiger partial charge < -0.3 is 5.32 Å². The highest BCUT2D eigenvalue weighted by Crippen LogP contribution is 2.26. The van der Waals surface area contributed by atoms with E-state index >= 15 is 0 Å². The van der Waals surface area contributed by atoms with Crippen LogP contribution < -0.4 is 5.32 Å². The normalized spacial score (nSPS) is 10.6. The van der Waals surface area contributed by atoms with Crippen molar-refractivity contribution in [1.82, 2.24) is 15.0 Å². The number of pyridine rings is 1. The Labute approximate surface area is 134 Å². The standard InChI is InChI=1S/C15H8ClF3N4/c16-12-7-13(22-14-10(18)5-9(17)6-11(14)19)23-15(21-12)8-1-3-20-4-2-8/h1-7H,(H,21,22,23). The molecule has 0 atom stereocenters. The molecular weight excluding hydrogens is 329 g/mol. The summed E-state index contributed by atoms with van der Waals surface area (Å²) < 4.78 is 40.3.